The molecular formula is C20H25N3O2S. The Hall–Kier alpha value is -2.15. The Kier molecular flexibility index (Phi) is 6.08. The van der Waals surface area contributed by atoms with E-state index in [1.54, 1.807) is 11.3 Å². The summed E-state index contributed by atoms with van der Waals surface area (Å²) < 4.78 is 1.91. The molecule has 3 N–H and O–H groups in total. The Bertz CT molecular complexity index is 853. The molecule has 0 unspecified atom stereocenters. The Morgan fingerprint density at radius 1 is 1.31 bits per heavy atom. The van der Waals surface area contributed by atoms with Crippen molar-refractivity contribution in [1.82, 2.24) is 9.47 Å². The van der Waals surface area contributed by atoms with E-state index < -0.39 is 0 Å². The fraction of sp³-hybridized carbons (Fsp3) is 0.350. The van der Waals surface area contributed by atoms with Gasteiger partial charge in [0.15, 0.2) is 0 Å². The number of amides is 1. The first-order valence-electron chi connectivity index (χ1n) is 8.83. The molecule has 3 rings (SSSR count). The third-order valence-corrected chi connectivity index (χ3v) is 5.47. The van der Waals surface area contributed by atoms with Crippen molar-refractivity contribution < 1.29 is 9.90 Å². The van der Waals surface area contributed by atoms with E-state index in [-0.39, 0.29) is 25.1 Å². The van der Waals surface area contributed by atoms with Crippen molar-refractivity contribution in [3.05, 3.63) is 58.4 Å². The summed E-state index contributed by atoms with van der Waals surface area (Å²) >= 11 is 1.68. The summed E-state index contributed by atoms with van der Waals surface area (Å²) in [5.74, 6) is -0.353. The Balaban J connectivity index is 1.93. The number of rotatable bonds is 9. The van der Waals surface area contributed by atoms with Gasteiger partial charge >= 0.3 is 0 Å². The third-order valence-electron chi connectivity index (χ3n) is 4.73. The number of nitrogens with two attached hydrogens (primary N) is 1. The SMILES string of the molecule is CC[C@@H](CO)N(Cc1ccsc1)Cc1cn(CC(N)=O)c2ccccc12. The highest BCUT2D eigenvalue weighted by atomic mass is 32.1. The highest BCUT2D eigenvalue weighted by Gasteiger charge is 2.19. The van der Waals surface area contributed by atoms with Gasteiger partial charge in [0.1, 0.15) is 6.54 Å². The van der Waals surface area contributed by atoms with Crippen molar-refractivity contribution in [3.63, 3.8) is 0 Å². The average Bonchev–Trinajstić information content (AvgIpc) is 3.25. The summed E-state index contributed by atoms with van der Waals surface area (Å²) in [6.45, 7) is 3.89. The number of hydrogen-bond donors (Lipinski definition) is 2. The van der Waals surface area contributed by atoms with E-state index in [2.05, 4.69) is 34.7 Å². The molecule has 1 aromatic carbocycles. The van der Waals surface area contributed by atoms with Crippen molar-refractivity contribution in [2.75, 3.05) is 6.61 Å². The van der Waals surface area contributed by atoms with Gasteiger partial charge in [0.2, 0.25) is 5.91 Å². The Labute approximate surface area is 157 Å². The highest BCUT2D eigenvalue weighted by molar-refractivity contribution is 7.07. The van der Waals surface area contributed by atoms with Crippen LogP contribution in [0.2, 0.25) is 0 Å². The Morgan fingerprint density at radius 3 is 2.77 bits per heavy atom. The first kappa shape index (κ1) is 18.6. The average molecular weight is 372 g/mol. The summed E-state index contributed by atoms with van der Waals surface area (Å²) in [7, 11) is 0. The van der Waals surface area contributed by atoms with Crippen LogP contribution in [0, 0.1) is 0 Å². The van der Waals surface area contributed by atoms with Crippen LogP contribution in [0.4, 0.5) is 0 Å². The van der Waals surface area contributed by atoms with Gasteiger partial charge in [0.25, 0.3) is 0 Å². The summed E-state index contributed by atoms with van der Waals surface area (Å²) in [5, 5.41) is 15.2. The number of primary amides is 1. The van der Waals surface area contributed by atoms with Crippen molar-refractivity contribution >= 4 is 28.1 Å². The topological polar surface area (TPSA) is 71.5 Å². The van der Waals surface area contributed by atoms with Crippen molar-refractivity contribution in [3.8, 4) is 0 Å². The number of aliphatic hydroxyl groups is 1. The molecule has 0 bridgehead atoms. The van der Waals surface area contributed by atoms with Gasteiger partial charge in [-0.1, -0.05) is 25.1 Å². The van der Waals surface area contributed by atoms with Crippen molar-refractivity contribution in [1.29, 1.82) is 0 Å². The predicted octanol–water partition coefficient (Wildman–Crippen LogP) is 2.96. The lowest BCUT2D eigenvalue weighted by molar-refractivity contribution is -0.118. The number of benzene rings is 1. The van der Waals surface area contributed by atoms with Gasteiger partial charge in [-0.15, -0.1) is 0 Å². The molecule has 0 aliphatic carbocycles. The fourth-order valence-corrected chi connectivity index (χ4v) is 4.06. The van der Waals surface area contributed by atoms with Gasteiger partial charge in [-0.25, -0.2) is 0 Å². The smallest absolute Gasteiger partial charge is 0.237 e. The number of thiophene rings is 1. The fourth-order valence-electron chi connectivity index (χ4n) is 3.40. The molecule has 1 atom stereocenters. The number of hydrogen-bond acceptors (Lipinski definition) is 4. The van der Waals surface area contributed by atoms with E-state index in [1.807, 2.05) is 29.0 Å². The molecule has 26 heavy (non-hydrogen) atoms. The van der Waals surface area contributed by atoms with E-state index in [0.717, 1.165) is 29.4 Å². The lowest BCUT2D eigenvalue weighted by atomic mass is 10.1. The molecule has 138 valence electrons. The molecule has 3 aromatic rings. The number of carbonyl (C=O) groups is 1. The minimum atomic E-state index is -0.353. The molecule has 2 heterocycles. The van der Waals surface area contributed by atoms with Gasteiger partial charge in [0, 0.05) is 36.2 Å². The normalized spacial score (nSPS) is 12.7. The van der Waals surface area contributed by atoms with Crippen molar-refractivity contribution in [2.24, 2.45) is 5.73 Å². The zero-order valence-electron chi connectivity index (χ0n) is 15.0. The maximum absolute atomic E-state index is 11.4. The molecule has 2 aromatic heterocycles. The van der Waals surface area contributed by atoms with Crippen LogP contribution < -0.4 is 5.73 Å². The lowest BCUT2D eigenvalue weighted by Crippen LogP contribution is -2.36. The van der Waals surface area contributed by atoms with Gasteiger partial charge in [-0.3, -0.25) is 9.69 Å². The molecule has 0 radical (unpaired) electrons. The molecular weight excluding hydrogens is 346 g/mol. The van der Waals surface area contributed by atoms with Crippen LogP contribution in [-0.2, 0) is 24.4 Å². The summed E-state index contributed by atoms with van der Waals surface area (Å²) in [6, 6.07) is 10.3. The van der Waals surface area contributed by atoms with E-state index in [4.69, 9.17) is 5.73 Å². The summed E-state index contributed by atoms with van der Waals surface area (Å²) in [5.41, 5.74) is 8.81. The zero-order valence-corrected chi connectivity index (χ0v) is 15.8. The van der Waals surface area contributed by atoms with E-state index in [9.17, 15) is 9.90 Å². The summed E-state index contributed by atoms with van der Waals surface area (Å²) in [6.07, 6.45) is 2.89. The first-order valence-corrected chi connectivity index (χ1v) is 9.77. The molecule has 1 amide bonds. The van der Waals surface area contributed by atoms with Crippen LogP contribution in [0.15, 0.2) is 47.3 Å². The number of nitrogens with zero attached hydrogens (tertiary/aromatic N) is 2. The molecule has 0 saturated carbocycles. The maximum Gasteiger partial charge on any atom is 0.237 e. The third kappa shape index (κ3) is 4.15. The van der Waals surface area contributed by atoms with Gasteiger partial charge in [-0.05, 0) is 40.4 Å². The lowest BCUT2D eigenvalue weighted by Gasteiger charge is -2.29. The number of fused-ring (bicyclic) bond motifs is 1. The van der Waals surface area contributed by atoms with Crippen LogP contribution in [-0.4, -0.2) is 33.1 Å². The first-order chi connectivity index (χ1) is 12.6. The van der Waals surface area contributed by atoms with Crippen molar-refractivity contribution in [2.45, 2.75) is 39.0 Å². The standard InChI is InChI=1S/C20H25N3O2S/c1-2-17(13-24)22(9-15-7-8-26-14-15)10-16-11-23(12-20(21)25)19-6-4-3-5-18(16)19/h3-8,11,14,17,24H,2,9-10,12-13H2,1H3,(H2,21,25)/t17-/m0/s1. The predicted molar refractivity (Wildman–Crippen MR) is 106 cm³/mol. The molecule has 5 nitrogen and oxygen atoms in total. The van der Waals surface area contributed by atoms with E-state index >= 15 is 0 Å². The zero-order chi connectivity index (χ0) is 18.5. The second-order valence-corrected chi connectivity index (χ2v) is 7.33. The number of aliphatic hydroxyl groups excluding tert-OH is 1. The van der Waals surface area contributed by atoms with Crippen LogP contribution in [0.5, 0.6) is 0 Å². The number of para-hydroxylation sites is 1. The van der Waals surface area contributed by atoms with Gasteiger partial charge < -0.3 is 15.4 Å². The van der Waals surface area contributed by atoms with Crippen LogP contribution in [0.25, 0.3) is 10.9 Å². The second kappa shape index (κ2) is 8.49. The molecule has 0 fully saturated rings. The van der Waals surface area contributed by atoms with Crippen LogP contribution >= 0.6 is 11.3 Å². The maximum atomic E-state index is 11.4. The van der Waals surface area contributed by atoms with Crippen LogP contribution in [0.3, 0.4) is 0 Å². The highest BCUT2D eigenvalue weighted by Crippen LogP contribution is 2.25. The number of aromatic nitrogens is 1. The second-order valence-electron chi connectivity index (χ2n) is 6.55. The molecule has 0 saturated heterocycles. The van der Waals surface area contributed by atoms with E-state index in [0.29, 0.717) is 6.54 Å². The number of carbonyl (C=O) groups excluding carboxylic acids is 1. The van der Waals surface area contributed by atoms with Gasteiger partial charge in [0.05, 0.1) is 6.61 Å². The molecule has 0 aliphatic heterocycles. The quantitative estimate of drug-likeness (QED) is 0.607. The molecule has 6 heteroatoms. The molecule has 0 aliphatic rings. The minimum Gasteiger partial charge on any atom is -0.395 e. The minimum absolute atomic E-state index is 0.0909. The largest absolute Gasteiger partial charge is 0.395 e. The van der Waals surface area contributed by atoms with Crippen LogP contribution in [0.1, 0.15) is 24.5 Å². The van der Waals surface area contributed by atoms with Gasteiger partial charge in [-0.2, -0.15) is 11.3 Å². The van der Waals surface area contributed by atoms with E-state index in [1.165, 1.54) is 5.56 Å². The monoisotopic (exact) mass is 371 g/mol. The Morgan fingerprint density at radius 2 is 2.12 bits per heavy atom. The summed E-state index contributed by atoms with van der Waals surface area (Å²) in [4.78, 5) is 13.7. The molecule has 0 spiro atoms.